The van der Waals surface area contributed by atoms with E-state index in [2.05, 4.69) is 5.32 Å². The molecule has 0 aliphatic heterocycles. The predicted molar refractivity (Wildman–Crippen MR) is 77.0 cm³/mol. The third-order valence-electron chi connectivity index (χ3n) is 3.73. The number of benzene rings is 1. The normalized spacial score (nSPS) is 21.3. The lowest BCUT2D eigenvalue weighted by molar-refractivity contribution is -0.124. The van der Waals surface area contributed by atoms with Crippen molar-refractivity contribution in [3.05, 3.63) is 35.4 Å². The summed E-state index contributed by atoms with van der Waals surface area (Å²) in [5.74, 6) is 0.565. The molecule has 1 aliphatic rings. The molecule has 1 aromatic rings. The Morgan fingerprint density at radius 3 is 2.85 bits per heavy atom. The van der Waals surface area contributed by atoms with Crippen LogP contribution in [-0.2, 0) is 22.7 Å². The molecule has 1 amide bonds. The van der Waals surface area contributed by atoms with Gasteiger partial charge in [-0.25, -0.2) is 0 Å². The molecule has 1 aliphatic carbocycles. The number of rotatable bonds is 7. The molecular formula is C16H23NO3. The average molecular weight is 277 g/mol. The van der Waals surface area contributed by atoms with Gasteiger partial charge in [-0.15, -0.1) is 0 Å². The summed E-state index contributed by atoms with van der Waals surface area (Å²) in [6.07, 6.45) is 2.95. The second-order valence-electron chi connectivity index (χ2n) is 5.37. The minimum absolute atomic E-state index is 0.0304. The predicted octanol–water partition coefficient (Wildman–Crippen LogP) is 2.00. The van der Waals surface area contributed by atoms with Crippen LogP contribution in [0.4, 0.5) is 0 Å². The molecule has 0 atom stereocenters. The molecule has 0 spiro atoms. The highest BCUT2D eigenvalue weighted by Crippen LogP contribution is 2.32. The molecule has 1 aromatic carbocycles. The van der Waals surface area contributed by atoms with E-state index in [4.69, 9.17) is 9.84 Å². The van der Waals surface area contributed by atoms with Crippen molar-refractivity contribution in [3.63, 3.8) is 0 Å². The Morgan fingerprint density at radius 1 is 1.40 bits per heavy atom. The number of nitrogens with one attached hydrogen (secondary N) is 1. The summed E-state index contributed by atoms with van der Waals surface area (Å²) < 4.78 is 5.49. The molecule has 4 heteroatoms. The second-order valence-corrected chi connectivity index (χ2v) is 5.37. The molecule has 0 heterocycles. The Hall–Kier alpha value is -1.39. The largest absolute Gasteiger partial charge is 0.392 e. The van der Waals surface area contributed by atoms with E-state index >= 15 is 0 Å². The molecule has 2 N–H and O–H groups in total. The Kier molecular flexibility index (Phi) is 5.56. The topological polar surface area (TPSA) is 58.6 Å². The summed E-state index contributed by atoms with van der Waals surface area (Å²) in [5.41, 5.74) is 1.89. The summed E-state index contributed by atoms with van der Waals surface area (Å²) in [5, 5.41) is 12.0. The molecule has 1 fully saturated rings. The Labute approximate surface area is 120 Å². The highest BCUT2D eigenvalue weighted by molar-refractivity contribution is 5.76. The maximum absolute atomic E-state index is 11.8. The van der Waals surface area contributed by atoms with E-state index < -0.39 is 0 Å². The number of hydrogen-bond donors (Lipinski definition) is 2. The molecule has 110 valence electrons. The van der Waals surface area contributed by atoms with Crippen LogP contribution < -0.4 is 5.32 Å². The molecule has 1 saturated carbocycles. The summed E-state index contributed by atoms with van der Waals surface area (Å²) in [4.78, 5) is 11.8. The number of ether oxygens (including phenoxy) is 1. The van der Waals surface area contributed by atoms with Gasteiger partial charge in [0.25, 0.3) is 0 Å². The molecule has 2 rings (SSSR count). The third-order valence-corrected chi connectivity index (χ3v) is 3.73. The first-order valence-corrected chi connectivity index (χ1v) is 7.28. The minimum Gasteiger partial charge on any atom is -0.392 e. The molecule has 0 unspecified atom stereocenters. The van der Waals surface area contributed by atoms with E-state index in [1.165, 1.54) is 0 Å². The Bertz CT molecular complexity index is 441. The molecule has 0 saturated heterocycles. The van der Waals surface area contributed by atoms with E-state index in [0.717, 1.165) is 30.6 Å². The van der Waals surface area contributed by atoms with Gasteiger partial charge in [-0.3, -0.25) is 4.79 Å². The molecule has 20 heavy (non-hydrogen) atoms. The summed E-state index contributed by atoms with van der Waals surface area (Å²) >= 11 is 0. The summed E-state index contributed by atoms with van der Waals surface area (Å²) in [6, 6.07) is 7.63. The number of aliphatic hydroxyl groups excluding tert-OH is 1. The van der Waals surface area contributed by atoms with Crippen molar-refractivity contribution in [2.75, 3.05) is 6.61 Å². The van der Waals surface area contributed by atoms with Crippen LogP contribution >= 0.6 is 0 Å². The van der Waals surface area contributed by atoms with Gasteiger partial charge in [0.05, 0.1) is 12.7 Å². The smallest absolute Gasteiger partial charge is 0.220 e. The van der Waals surface area contributed by atoms with Crippen LogP contribution in [0.1, 0.15) is 37.3 Å². The maximum Gasteiger partial charge on any atom is 0.220 e. The summed E-state index contributed by atoms with van der Waals surface area (Å²) in [7, 11) is 0. The lowest BCUT2D eigenvalue weighted by Crippen LogP contribution is -2.35. The van der Waals surface area contributed by atoms with Crippen LogP contribution in [0.3, 0.4) is 0 Å². The van der Waals surface area contributed by atoms with Crippen molar-refractivity contribution in [3.8, 4) is 0 Å². The van der Waals surface area contributed by atoms with Crippen molar-refractivity contribution < 1.29 is 14.6 Å². The second kappa shape index (κ2) is 7.41. The van der Waals surface area contributed by atoms with Crippen molar-refractivity contribution >= 4 is 5.91 Å². The first kappa shape index (κ1) is 15.0. The minimum atomic E-state index is 0.0304. The first-order valence-electron chi connectivity index (χ1n) is 7.28. The van der Waals surface area contributed by atoms with Gasteiger partial charge in [-0.2, -0.15) is 0 Å². The fourth-order valence-electron chi connectivity index (χ4n) is 2.59. The molecular weight excluding hydrogens is 254 g/mol. The van der Waals surface area contributed by atoms with Crippen LogP contribution in [0.25, 0.3) is 0 Å². The third kappa shape index (κ3) is 4.32. The first-order chi connectivity index (χ1) is 9.71. The van der Waals surface area contributed by atoms with Crippen LogP contribution in [0.5, 0.6) is 0 Å². The van der Waals surface area contributed by atoms with Gasteiger partial charge in [0.2, 0.25) is 5.91 Å². The van der Waals surface area contributed by atoms with Crippen LogP contribution in [0, 0.1) is 5.92 Å². The average Bonchev–Trinajstić information content (AvgIpc) is 2.43. The van der Waals surface area contributed by atoms with Crippen LogP contribution in [-0.4, -0.2) is 23.7 Å². The van der Waals surface area contributed by atoms with Gasteiger partial charge in [0.1, 0.15) is 0 Å². The standard InChI is InChI=1S/C16H23NO3/c1-2-20-15-7-14(8-15)9-16(19)17-10-12-4-3-5-13(6-12)11-18/h3-6,14-15,18H,2,7-11H2,1H3,(H,17,19). The number of carbonyl (C=O) groups excluding carboxylic acids is 1. The Balaban J connectivity index is 1.68. The van der Waals surface area contributed by atoms with E-state index in [1.807, 2.05) is 31.2 Å². The lowest BCUT2D eigenvalue weighted by Gasteiger charge is -2.34. The van der Waals surface area contributed by atoms with E-state index in [-0.39, 0.29) is 12.5 Å². The zero-order valence-electron chi connectivity index (χ0n) is 12.0. The van der Waals surface area contributed by atoms with Gasteiger partial charge in [0, 0.05) is 19.6 Å². The highest BCUT2D eigenvalue weighted by Gasteiger charge is 2.30. The molecule has 0 bridgehead atoms. The number of carbonyl (C=O) groups is 1. The molecule has 4 nitrogen and oxygen atoms in total. The fourth-order valence-corrected chi connectivity index (χ4v) is 2.59. The summed E-state index contributed by atoms with van der Waals surface area (Å²) in [6.45, 7) is 3.31. The fraction of sp³-hybridized carbons (Fsp3) is 0.562. The quantitative estimate of drug-likeness (QED) is 0.801. The SMILES string of the molecule is CCOC1CC(CC(=O)NCc2cccc(CO)c2)C1. The van der Waals surface area contributed by atoms with E-state index in [1.54, 1.807) is 0 Å². The lowest BCUT2D eigenvalue weighted by atomic mass is 9.80. The van der Waals surface area contributed by atoms with Crippen molar-refractivity contribution in [1.29, 1.82) is 0 Å². The van der Waals surface area contributed by atoms with Crippen molar-refractivity contribution in [2.24, 2.45) is 5.92 Å². The maximum atomic E-state index is 11.8. The van der Waals surface area contributed by atoms with Gasteiger partial charge < -0.3 is 15.2 Å². The van der Waals surface area contributed by atoms with E-state index in [0.29, 0.717) is 25.0 Å². The number of amides is 1. The molecule has 0 radical (unpaired) electrons. The van der Waals surface area contributed by atoms with E-state index in [9.17, 15) is 4.79 Å². The van der Waals surface area contributed by atoms with Gasteiger partial charge in [-0.1, -0.05) is 24.3 Å². The zero-order chi connectivity index (χ0) is 14.4. The Morgan fingerprint density at radius 2 is 2.15 bits per heavy atom. The molecule has 0 aromatic heterocycles. The number of aliphatic hydroxyl groups is 1. The zero-order valence-corrected chi connectivity index (χ0v) is 12.0. The number of hydrogen-bond acceptors (Lipinski definition) is 3. The van der Waals surface area contributed by atoms with Gasteiger partial charge >= 0.3 is 0 Å². The van der Waals surface area contributed by atoms with Crippen LogP contribution in [0.2, 0.25) is 0 Å². The van der Waals surface area contributed by atoms with Crippen molar-refractivity contribution in [2.45, 2.75) is 45.4 Å². The van der Waals surface area contributed by atoms with Crippen molar-refractivity contribution in [1.82, 2.24) is 5.32 Å². The van der Waals surface area contributed by atoms with Gasteiger partial charge in [-0.05, 0) is 36.8 Å². The van der Waals surface area contributed by atoms with Crippen LogP contribution in [0.15, 0.2) is 24.3 Å². The highest BCUT2D eigenvalue weighted by atomic mass is 16.5. The van der Waals surface area contributed by atoms with Gasteiger partial charge in [0.15, 0.2) is 0 Å². The monoisotopic (exact) mass is 277 g/mol.